The largest absolute Gasteiger partial charge is 0.358 e. The molecule has 1 atom stereocenters. The van der Waals surface area contributed by atoms with Crippen molar-refractivity contribution in [3.05, 3.63) is 0 Å². The second kappa shape index (κ2) is 7.33. The first kappa shape index (κ1) is 15.8. The van der Waals surface area contributed by atoms with Gasteiger partial charge in [0, 0.05) is 26.2 Å². The van der Waals surface area contributed by atoms with Gasteiger partial charge in [0.2, 0.25) is 5.91 Å². The number of rotatable bonds is 5. The monoisotopic (exact) mass is 270 g/mol. The molecule has 0 radical (unpaired) electrons. The normalized spacial score (nSPS) is 18.4. The summed E-state index contributed by atoms with van der Waals surface area (Å²) in [5.74, 6) is 0.492. The van der Waals surface area contributed by atoms with Gasteiger partial charge in [-0.05, 0) is 25.2 Å². The van der Waals surface area contributed by atoms with Gasteiger partial charge in [-0.1, -0.05) is 13.8 Å². The number of amides is 3. The van der Waals surface area contributed by atoms with E-state index in [-0.39, 0.29) is 24.0 Å². The van der Waals surface area contributed by atoms with Crippen molar-refractivity contribution in [3.8, 4) is 0 Å². The van der Waals surface area contributed by atoms with Crippen LogP contribution in [-0.2, 0) is 4.79 Å². The maximum absolute atomic E-state index is 11.8. The third-order valence-electron chi connectivity index (χ3n) is 3.51. The molecule has 1 rings (SSSR count). The molecular formula is C13H26N4O2. The van der Waals surface area contributed by atoms with Crippen LogP contribution in [0.1, 0.15) is 33.1 Å². The zero-order valence-corrected chi connectivity index (χ0v) is 12.1. The average molecular weight is 270 g/mol. The van der Waals surface area contributed by atoms with Crippen LogP contribution in [0.15, 0.2) is 0 Å². The van der Waals surface area contributed by atoms with E-state index in [2.05, 4.69) is 24.5 Å². The smallest absolute Gasteiger partial charge is 0.314 e. The van der Waals surface area contributed by atoms with E-state index in [0.29, 0.717) is 19.0 Å². The molecule has 110 valence electrons. The van der Waals surface area contributed by atoms with Gasteiger partial charge in [-0.25, -0.2) is 4.79 Å². The fraction of sp³-hybridized carbons (Fsp3) is 0.846. The lowest BCUT2D eigenvalue weighted by Gasteiger charge is -2.33. The number of carbonyl (C=O) groups excluding carboxylic acids is 2. The van der Waals surface area contributed by atoms with Crippen molar-refractivity contribution >= 4 is 11.9 Å². The van der Waals surface area contributed by atoms with Gasteiger partial charge in [0.25, 0.3) is 0 Å². The van der Waals surface area contributed by atoms with E-state index < -0.39 is 0 Å². The maximum atomic E-state index is 11.8. The highest BCUT2D eigenvalue weighted by Gasteiger charge is 2.26. The summed E-state index contributed by atoms with van der Waals surface area (Å²) < 4.78 is 0. The van der Waals surface area contributed by atoms with Gasteiger partial charge in [-0.3, -0.25) is 4.79 Å². The summed E-state index contributed by atoms with van der Waals surface area (Å²) >= 11 is 0. The van der Waals surface area contributed by atoms with Gasteiger partial charge in [-0.2, -0.15) is 0 Å². The van der Waals surface area contributed by atoms with Crippen LogP contribution < -0.4 is 16.4 Å². The Morgan fingerprint density at radius 1 is 1.32 bits per heavy atom. The van der Waals surface area contributed by atoms with Gasteiger partial charge in [0.15, 0.2) is 0 Å². The number of urea groups is 1. The Hall–Kier alpha value is -1.30. The van der Waals surface area contributed by atoms with Crippen LogP contribution in [-0.4, -0.2) is 49.1 Å². The van der Waals surface area contributed by atoms with Crippen molar-refractivity contribution in [2.24, 2.45) is 11.7 Å². The highest BCUT2D eigenvalue weighted by atomic mass is 16.2. The first-order valence-electron chi connectivity index (χ1n) is 6.96. The average Bonchev–Trinajstić information content (AvgIpc) is 2.37. The quantitative estimate of drug-likeness (QED) is 0.670. The second-order valence-electron chi connectivity index (χ2n) is 5.56. The molecule has 1 aliphatic rings. The highest BCUT2D eigenvalue weighted by Crippen LogP contribution is 2.13. The summed E-state index contributed by atoms with van der Waals surface area (Å²) in [6.45, 7) is 5.53. The van der Waals surface area contributed by atoms with Crippen molar-refractivity contribution in [1.29, 1.82) is 0 Å². The zero-order chi connectivity index (χ0) is 14.4. The molecule has 1 unspecified atom stereocenters. The molecule has 19 heavy (non-hydrogen) atoms. The first-order valence-corrected chi connectivity index (χ1v) is 6.96. The van der Waals surface area contributed by atoms with Crippen molar-refractivity contribution in [3.63, 3.8) is 0 Å². The van der Waals surface area contributed by atoms with E-state index in [4.69, 9.17) is 5.73 Å². The number of hydrogen-bond acceptors (Lipinski definition) is 3. The Morgan fingerprint density at radius 3 is 2.32 bits per heavy atom. The lowest BCUT2D eigenvalue weighted by atomic mass is 9.99. The van der Waals surface area contributed by atoms with Crippen LogP contribution in [0.5, 0.6) is 0 Å². The Kier molecular flexibility index (Phi) is 6.08. The summed E-state index contributed by atoms with van der Waals surface area (Å²) in [5.41, 5.74) is 5.25. The van der Waals surface area contributed by atoms with E-state index in [1.807, 2.05) is 0 Å². The predicted octanol–water partition coefficient (Wildman–Crippen LogP) is 0.280. The highest BCUT2D eigenvalue weighted by molar-refractivity contribution is 5.81. The Morgan fingerprint density at radius 2 is 1.89 bits per heavy atom. The van der Waals surface area contributed by atoms with Gasteiger partial charge in [0.1, 0.15) is 0 Å². The SMILES string of the molecule is CNC(=O)C(CC(C)C)NC1CCN(C(N)=O)CC1. The first-order chi connectivity index (χ1) is 8.93. The molecule has 1 saturated heterocycles. The van der Waals surface area contributed by atoms with E-state index in [1.165, 1.54) is 0 Å². The van der Waals surface area contributed by atoms with Crippen LogP contribution in [0, 0.1) is 5.92 Å². The molecule has 0 aromatic rings. The third-order valence-corrected chi connectivity index (χ3v) is 3.51. The molecular weight excluding hydrogens is 244 g/mol. The van der Waals surface area contributed by atoms with Crippen molar-refractivity contribution < 1.29 is 9.59 Å². The number of likely N-dealkylation sites (N-methyl/N-ethyl adjacent to an activating group) is 1. The third kappa shape index (κ3) is 5.06. The number of primary amides is 1. The van der Waals surface area contributed by atoms with Crippen molar-refractivity contribution in [2.75, 3.05) is 20.1 Å². The molecule has 1 heterocycles. The van der Waals surface area contributed by atoms with Gasteiger partial charge >= 0.3 is 6.03 Å². The van der Waals surface area contributed by atoms with Crippen LogP contribution in [0.25, 0.3) is 0 Å². The van der Waals surface area contributed by atoms with Crippen molar-refractivity contribution in [1.82, 2.24) is 15.5 Å². The van der Waals surface area contributed by atoms with E-state index in [9.17, 15) is 9.59 Å². The lowest BCUT2D eigenvalue weighted by molar-refractivity contribution is -0.123. The summed E-state index contributed by atoms with van der Waals surface area (Å²) in [6.07, 6.45) is 2.50. The number of nitrogens with one attached hydrogen (secondary N) is 2. The van der Waals surface area contributed by atoms with Crippen LogP contribution in [0.3, 0.4) is 0 Å². The fourth-order valence-corrected chi connectivity index (χ4v) is 2.45. The van der Waals surface area contributed by atoms with Gasteiger partial charge in [0.05, 0.1) is 6.04 Å². The number of piperidine rings is 1. The number of nitrogens with zero attached hydrogens (tertiary/aromatic N) is 1. The molecule has 0 aromatic carbocycles. The van der Waals surface area contributed by atoms with Crippen LogP contribution in [0.4, 0.5) is 4.79 Å². The summed E-state index contributed by atoms with van der Waals surface area (Å²) in [7, 11) is 1.66. The lowest BCUT2D eigenvalue weighted by Crippen LogP contribution is -2.52. The van der Waals surface area contributed by atoms with Crippen LogP contribution >= 0.6 is 0 Å². The molecule has 6 heteroatoms. The van der Waals surface area contributed by atoms with Crippen LogP contribution in [0.2, 0.25) is 0 Å². The molecule has 6 nitrogen and oxygen atoms in total. The standard InChI is InChI=1S/C13H26N4O2/c1-9(2)8-11(12(18)15-3)16-10-4-6-17(7-5-10)13(14)19/h9-11,16H,4-8H2,1-3H3,(H2,14,19)(H,15,18). The fourth-order valence-electron chi connectivity index (χ4n) is 2.45. The topological polar surface area (TPSA) is 87.5 Å². The molecule has 4 N–H and O–H groups in total. The minimum absolute atomic E-state index is 0.0334. The van der Waals surface area contributed by atoms with Gasteiger partial charge < -0.3 is 21.3 Å². The summed E-state index contributed by atoms with van der Waals surface area (Å²) in [4.78, 5) is 24.5. The Labute approximate surface area is 115 Å². The number of nitrogens with two attached hydrogens (primary N) is 1. The molecule has 0 aromatic heterocycles. The molecule has 1 fully saturated rings. The van der Waals surface area contributed by atoms with Gasteiger partial charge in [-0.15, -0.1) is 0 Å². The predicted molar refractivity (Wildman–Crippen MR) is 74.6 cm³/mol. The maximum Gasteiger partial charge on any atom is 0.314 e. The minimum atomic E-state index is -0.358. The number of hydrogen-bond donors (Lipinski definition) is 3. The molecule has 3 amide bonds. The number of carbonyl (C=O) groups is 2. The molecule has 1 aliphatic heterocycles. The molecule has 0 spiro atoms. The summed E-state index contributed by atoms with van der Waals surface area (Å²) in [6, 6.07) is -0.241. The molecule has 0 aliphatic carbocycles. The van der Waals surface area contributed by atoms with Crippen molar-refractivity contribution in [2.45, 2.75) is 45.2 Å². The molecule has 0 bridgehead atoms. The Bertz CT molecular complexity index is 312. The summed E-state index contributed by atoms with van der Waals surface area (Å²) in [5, 5.41) is 6.11. The van der Waals surface area contributed by atoms with E-state index >= 15 is 0 Å². The minimum Gasteiger partial charge on any atom is -0.358 e. The zero-order valence-electron chi connectivity index (χ0n) is 12.1. The molecule has 0 saturated carbocycles. The van der Waals surface area contributed by atoms with E-state index in [0.717, 1.165) is 19.3 Å². The number of likely N-dealkylation sites (tertiary alicyclic amines) is 1. The Balaban J connectivity index is 2.47. The van der Waals surface area contributed by atoms with E-state index in [1.54, 1.807) is 11.9 Å². The second-order valence-corrected chi connectivity index (χ2v) is 5.56.